The van der Waals surface area contributed by atoms with Gasteiger partial charge in [0.2, 0.25) is 5.91 Å². The van der Waals surface area contributed by atoms with Gasteiger partial charge in [0, 0.05) is 5.69 Å². The van der Waals surface area contributed by atoms with E-state index in [9.17, 15) is 9.18 Å². The molecule has 0 saturated carbocycles. The lowest BCUT2D eigenvalue weighted by Gasteiger charge is -2.14. The fourth-order valence-electron chi connectivity index (χ4n) is 2.98. The van der Waals surface area contributed by atoms with Crippen molar-refractivity contribution < 1.29 is 13.6 Å². The molecule has 0 radical (unpaired) electrons. The summed E-state index contributed by atoms with van der Waals surface area (Å²) in [4.78, 5) is 12.7. The molecule has 0 aliphatic rings. The Morgan fingerprint density at radius 1 is 1.19 bits per heavy atom. The topological polar surface area (TPSA) is 72.9 Å². The molecule has 4 rings (SSSR count). The van der Waals surface area contributed by atoms with E-state index in [1.54, 1.807) is 13.2 Å². The van der Waals surface area contributed by atoms with Gasteiger partial charge in [-0.05, 0) is 50.2 Å². The summed E-state index contributed by atoms with van der Waals surface area (Å²) in [5, 5.41) is 11.6. The maximum Gasteiger partial charge on any atom is 0.237 e. The predicted molar refractivity (Wildman–Crippen MR) is 119 cm³/mol. The van der Waals surface area contributed by atoms with E-state index >= 15 is 0 Å². The zero-order chi connectivity index (χ0) is 22.0. The minimum atomic E-state index is -0.522. The van der Waals surface area contributed by atoms with Gasteiger partial charge in [0.05, 0.1) is 27.8 Å². The number of aryl methyl sites for hydroxylation is 1. The molecule has 0 aliphatic heterocycles. The first kappa shape index (κ1) is 21.1. The molecule has 158 valence electrons. The van der Waals surface area contributed by atoms with Crippen LogP contribution in [0, 0.1) is 12.7 Å². The number of thioether (sulfide) groups is 1. The molecule has 0 fully saturated rings. The van der Waals surface area contributed by atoms with E-state index < -0.39 is 11.1 Å². The van der Waals surface area contributed by atoms with Crippen molar-refractivity contribution in [1.82, 2.24) is 14.8 Å². The molecule has 2 heterocycles. The summed E-state index contributed by atoms with van der Waals surface area (Å²) in [5.74, 6) is 0.581. The Bertz CT molecular complexity index is 1230. The third kappa shape index (κ3) is 4.50. The number of rotatable bonds is 6. The average Bonchev–Trinajstić information content (AvgIpc) is 3.36. The minimum absolute atomic E-state index is 0.135. The van der Waals surface area contributed by atoms with Crippen LogP contribution in [0.4, 0.5) is 10.1 Å². The van der Waals surface area contributed by atoms with Crippen LogP contribution in [-0.4, -0.2) is 25.9 Å². The summed E-state index contributed by atoms with van der Waals surface area (Å²) in [6, 6.07) is 15.3. The number of hydrogen-bond acceptors (Lipinski definition) is 5. The molecule has 0 unspecified atom stereocenters. The van der Waals surface area contributed by atoms with Crippen LogP contribution in [0.2, 0.25) is 5.02 Å². The largest absolute Gasteiger partial charge is 0.469 e. The van der Waals surface area contributed by atoms with Gasteiger partial charge in [-0.1, -0.05) is 41.6 Å². The van der Waals surface area contributed by atoms with E-state index in [0.717, 1.165) is 23.1 Å². The third-order valence-electron chi connectivity index (χ3n) is 4.59. The Hall–Kier alpha value is -3.10. The van der Waals surface area contributed by atoms with E-state index in [4.69, 9.17) is 16.0 Å². The quantitative estimate of drug-likeness (QED) is 0.374. The second-order valence-electron chi connectivity index (χ2n) is 6.74. The van der Waals surface area contributed by atoms with Gasteiger partial charge in [0.25, 0.3) is 0 Å². The fraction of sp³-hybridized carbons (Fsp3) is 0.136. The normalized spacial score (nSPS) is 12.0. The minimum Gasteiger partial charge on any atom is -0.469 e. The van der Waals surface area contributed by atoms with Gasteiger partial charge in [-0.3, -0.25) is 9.36 Å². The number of amides is 1. The molecule has 0 aliphatic carbocycles. The first-order valence-electron chi connectivity index (χ1n) is 9.42. The van der Waals surface area contributed by atoms with Gasteiger partial charge in [-0.25, -0.2) is 4.39 Å². The van der Waals surface area contributed by atoms with Crippen LogP contribution in [0.15, 0.2) is 70.4 Å². The van der Waals surface area contributed by atoms with E-state index in [-0.39, 0.29) is 10.9 Å². The van der Waals surface area contributed by atoms with Crippen molar-refractivity contribution in [2.75, 3.05) is 5.32 Å². The fourth-order valence-corrected chi connectivity index (χ4v) is 4.07. The molecule has 1 atom stereocenters. The first-order chi connectivity index (χ1) is 14.9. The molecule has 6 nitrogen and oxygen atoms in total. The Balaban J connectivity index is 1.63. The predicted octanol–water partition coefficient (Wildman–Crippen LogP) is 5.75. The van der Waals surface area contributed by atoms with Crippen LogP contribution >= 0.6 is 23.4 Å². The van der Waals surface area contributed by atoms with Crippen LogP contribution in [-0.2, 0) is 4.79 Å². The highest BCUT2D eigenvalue weighted by Gasteiger charge is 2.23. The number of anilines is 1. The van der Waals surface area contributed by atoms with E-state index in [2.05, 4.69) is 15.5 Å². The average molecular weight is 457 g/mol. The van der Waals surface area contributed by atoms with Crippen LogP contribution in [0.3, 0.4) is 0 Å². The zero-order valence-electron chi connectivity index (χ0n) is 16.7. The Labute approximate surface area is 187 Å². The number of nitrogens with zero attached hydrogens (tertiary/aromatic N) is 3. The number of furan rings is 1. The van der Waals surface area contributed by atoms with Gasteiger partial charge in [0.1, 0.15) is 11.6 Å². The van der Waals surface area contributed by atoms with Gasteiger partial charge >= 0.3 is 0 Å². The van der Waals surface area contributed by atoms with Crippen molar-refractivity contribution in [3.05, 3.63) is 77.5 Å². The maximum absolute atomic E-state index is 13.3. The molecule has 2 aromatic heterocycles. The van der Waals surface area contributed by atoms with Crippen LogP contribution in [0.1, 0.15) is 12.7 Å². The number of hydrogen-bond donors (Lipinski definition) is 1. The molecule has 0 bridgehead atoms. The molecule has 4 aromatic rings. The number of halogens is 2. The number of carbonyl (C=O) groups is 1. The number of carbonyl (C=O) groups excluding carboxylic acids is 1. The standard InChI is InChI=1S/C22H18ClFN4O2S/c1-13-17(10-11-30-13)20-26-27-22(28(20)16-6-4-3-5-7-16)31-14(2)21(29)25-19-9-8-15(24)12-18(19)23/h3-12,14H,1-2H3,(H,25,29)/t14-/m0/s1. The van der Waals surface area contributed by atoms with Gasteiger partial charge in [-0.2, -0.15) is 0 Å². The Morgan fingerprint density at radius 2 is 1.97 bits per heavy atom. The van der Waals surface area contributed by atoms with E-state index in [1.165, 1.54) is 23.9 Å². The summed E-state index contributed by atoms with van der Waals surface area (Å²) in [6.07, 6.45) is 1.60. The van der Waals surface area contributed by atoms with Crippen LogP contribution in [0.25, 0.3) is 17.1 Å². The van der Waals surface area contributed by atoms with Gasteiger partial charge < -0.3 is 9.73 Å². The number of nitrogens with one attached hydrogen (secondary N) is 1. The molecule has 0 spiro atoms. The second-order valence-corrected chi connectivity index (χ2v) is 8.46. The van der Waals surface area contributed by atoms with E-state index in [1.807, 2.05) is 47.9 Å². The lowest BCUT2D eigenvalue weighted by Crippen LogP contribution is -2.23. The zero-order valence-corrected chi connectivity index (χ0v) is 18.2. The number of aromatic nitrogens is 3. The highest BCUT2D eigenvalue weighted by atomic mass is 35.5. The highest BCUT2D eigenvalue weighted by molar-refractivity contribution is 8.00. The molecule has 1 N–H and O–H groups in total. The molecular weight excluding hydrogens is 439 g/mol. The van der Waals surface area contributed by atoms with E-state index in [0.29, 0.717) is 16.7 Å². The first-order valence-corrected chi connectivity index (χ1v) is 10.7. The Morgan fingerprint density at radius 3 is 2.65 bits per heavy atom. The van der Waals surface area contributed by atoms with Gasteiger partial charge in [0.15, 0.2) is 11.0 Å². The van der Waals surface area contributed by atoms with Crippen molar-refractivity contribution in [2.45, 2.75) is 24.3 Å². The summed E-state index contributed by atoms with van der Waals surface area (Å²) in [7, 11) is 0. The van der Waals surface area contributed by atoms with Crippen LogP contribution in [0.5, 0.6) is 0 Å². The SMILES string of the molecule is Cc1occc1-c1nnc(S[C@@H](C)C(=O)Nc2ccc(F)cc2Cl)n1-c1ccccc1. The molecular formula is C22H18ClFN4O2S. The lowest BCUT2D eigenvalue weighted by atomic mass is 10.2. The molecule has 31 heavy (non-hydrogen) atoms. The van der Waals surface area contributed by atoms with Gasteiger partial charge in [-0.15, -0.1) is 10.2 Å². The monoisotopic (exact) mass is 456 g/mol. The molecule has 2 aromatic carbocycles. The van der Waals surface area contributed by atoms with Crippen molar-refractivity contribution in [3.63, 3.8) is 0 Å². The van der Waals surface area contributed by atoms with Crippen molar-refractivity contribution in [2.24, 2.45) is 0 Å². The number of para-hydroxylation sites is 1. The summed E-state index contributed by atoms with van der Waals surface area (Å²) >= 11 is 7.28. The second kappa shape index (κ2) is 8.95. The third-order valence-corrected chi connectivity index (χ3v) is 5.94. The summed E-state index contributed by atoms with van der Waals surface area (Å²) < 4.78 is 20.6. The van der Waals surface area contributed by atoms with Crippen molar-refractivity contribution in [3.8, 4) is 17.1 Å². The summed E-state index contributed by atoms with van der Waals surface area (Å²) in [5.41, 5.74) is 2.03. The maximum atomic E-state index is 13.3. The number of benzene rings is 2. The lowest BCUT2D eigenvalue weighted by molar-refractivity contribution is -0.115. The molecule has 0 saturated heterocycles. The molecule has 9 heteroatoms. The Kier molecular flexibility index (Phi) is 6.11. The highest BCUT2D eigenvalue weighted by Crippen LogP contribution is 2.32. The smallest absolute Gasteiger partial charge is 0.237 e. The summed E-state index contributed by atoms with van der Waals surface area (Å²) in [6.45, 7) is 3.61. The van der Waals surface area contributed by atoms with Crippen molar-refractivity contribution >= 4 is 35.0 Å². The van der Waals surface area contributed by atoms with Crippen LogP contribution < -0.4 is 5.32 Å². The molecule has 1 amide bonds. The van der Waals surface area contributed by atoms with Crippen molar-refractivity contribution in [1.29, 1.82) is 0 Å².